The number of amides is 2. The number of rotatable bonds is 7. The van der Waals surface area contributed by atoms with Gasteiger partial charge >= 0.3 is 6.03 Å². The number of aryl methyl sites for hydroxylation is 1. The molecule has 0 radical (unpaired) electrons. The van der Waals surface area contributed by atoms with Gasteiger partial charge in [0.1, 0.15) is 5.82 Å². The number of ether oxygens (including phenoxy) is 2. The SMILES string of the molecule is CCNc1cc(C)nc(NCCNC(=O)Nc2ccc3c(c2)OCO3)n1. The number of carbonyl (C=O) groups is 1. The summed E-state index contributed by atoms with van der Waals surface area (Å²) >= 11 is 0. The van der Waals surface area contributed by atoms with Crippen LogP contribution in [0.3, 0.4) is 0 Å². The zero-order chi connectivity index (χ0) is 18.4. The van der Waals surface area contributed by atoms with Gasteiger partial charge in [-0.1, -0.05) is 0 Å². The molecular formula is C17H22N6O3. The number of carbonyl (C=O) groups excluding carboxylic acids is 1. The standard InChI is InChI=1S/C17H22N6O3/c1-3-18-15-8-11(2)21-16(23-15)19-6-7-20-17(24)22-12-4-5-13-14(9-12)26-10-25-13/h4-5,8-9H,3,6-7,10H2,1-2H3,(H2,20,22,24)(H2,18,19,21,23). The molecule has 9 nitrogen and oxygen atoms in total. The third-order valence-corrected chi connectivity index (χ3v) is 3.54. The smallest absolute Gasteiger partial charge is 0.319 e. The van der Waals surface area contributed by atoms with Crippen molar-refractivity contribution in [3.05, 3.63) is 30.0 Å². The summed E-state index contributed by atoms with van der Waals surface area (Å²) in [6.07, 6.45) is 0. The highest BCUT2D eigenvalue weighted by Crippen LogP contribution is 2.34. The van der Waals surface area contributed by atoms with Crippen molar-refractivity contribution in [1.82, 2.24) is 15.3 Å². The molecule has 0 aliphatic carbocycles. The highest BCUT2D eigenvalue weighted by molar-refractivity contribution is 5.89. The summed E-state index contributed by atoms with van der Waals surface area (Å²) in [6.45, 7) is 5.83. The van der Waals surface area contributed by atoms with Crippen LogP contribution in [0.15, 0.2) is 24.3 Å². The molecule has 2 heterocycles. The van der Waals surface area contributed by atoms with Crippen molar-refractivity contribution in [1.29, 1.82) is 0 Å². The minimum atomic E-state index is -0.302. The summed E-state index contributed by atoms with van der Waals surface area (Å²) in [5, 5.41) is 11.8. The Morgan fingerprint density at radius 2 is 1.96 bits per heavy atom. The molecule has 3 rings (SSSR count). The van der Waals surface area contributed by atoms with Gasteiger partial charge < -0.3 is 30.7 Å². The van der Waals surface area contributed by atoms with Crippen LogP contribution in [0.1, 0.15) is 12.6 Å². The van der Waals surface area contributed by atoms with E-state index in [1.54, 1.807) is 18.2 Å². The van der Waals surface area contributed by atoms with E-state index >= 15 is 0 Å². The molecule has 2 amide bonds. The summed E-state index contributed by atoms with van der Waals surface area (Å²) in [5.74, 6) is 2.60. The summed E-state index contributed by atoms with van der Waals surface area (Å²) in [7, 11) is 0. The Labute approximate surface area is 151 Å². The van der Waals surface area contributed by atoms with Gasteiger partial charge in [0.15, 0.2) is 11.5 Å². The Morgan fingerprint density at radius 1 is 1.12 bits per heavy atom. The summed E-state index contributed by atoms with van der Waals surface area (Å²) in [4.78, 5) is 20.6. The molecule has 1 aliphatic heterocycles. The first-order valence-electron chi connectivity index (χ1n) is 8.42. The van der Waals surface area contributed by atoms with E-state index in [0.717, 1.165) is 18.1 Å². The predicted molar refractivity (Wildman–Crippen MR) is 99.0 cm³/mol. The molecule has 4 N–H and O–H groups in total. The van der Waals surface area contributed by atoms with Crippen molar-refractivity contribution in [2.45, 2.75) is 13.8 Å². The highest BCUT2D eigenvalue weighted by atomic mass is 16.7. The molecule has 0 unspecified atom stereocenters. The van der Waals surface area contributed by atoms with E-state index in [-0.39, 0.29) is 12.8 Å². The summed E-state index contributed by atoms with van der Waals surface area (Å²) in [5.41, 5.74) is 1.50. The van der Waals surface area contributed by atoms with Crippen molar-refractivity contribution < 1.29 is 14.3 Å². The highest BCUT2D eigenvalue weighted by Gasteiger charge is 2.13. The lowest BCUT2D eigenvalue weighted by molar-refractivity contribution is 0.174. The normalized spacial score (nSPS) is 11.8. The molecule has 1 aromatic heterocycles. The number of hydrogen-bond donors (Lipinski definition) is 4. The van der Waals surface area contributed by atoms with Crippen molar-refractivity contribution in [3.63, 3.8) is 0 Å². The monoisotopic (exact) mass is 358 g/mol. The second-order valence-electron chi connectivity index (χ2n) is 5.62. The zero-order valence-corrected chi connectivity index (χ0v) is 14.8. The molecular weight excluding hydrogens is 336 g/mol. The van der Waals surface area contributed by atoms with Gasteiger partial charge in [-0.05, 0) is 26.0 Å². The van der Waals surface area contributed by atoms with Crippen LogP contribution >= 0.6 is 0 Å². The van der Waals surface area contributed by atoms with Gasteiger partial charge in [0.05, 0.1) is 0 Å². The van der Waals surface area contributed by atoms with E-state index in [1.807, 2.05) is 19.9 Å². The summed E-state index contributed by atoms with van der Waals surface area (Å²) < 4.78 is 10.5. The fourth-order valence-electron chi connectivity index (χ4n) is 2.42. The lowest BCUT2D eigenvalue weighted by atomic mass is 10.3. The first-order chi connectivity index (χ1) is 12.6. The van der Waals surface area contributed by atoms with Gasteiger partial charge in [-0.2, -0.15) is 4.98 Å². The van der Waals surface area contributed by atoms with E-state index in [1.165, 1.54) is 0 Å². The molecule has 0 spiro atoms. The van der Waals surface area contributed by atoms with Crippen LogP contribution in [0.5, 0.6) is 11.5 Å². The van der Waals surface area contributed by atoms with Gasteiger partial charge in [0.25, 0.3) is 0 Å². The number of hydrogen-bond acceptors (Lipinski definition) is 7. The molecule has 26 heavy (non-hydrogen) atoms. The Balaban J connectivity index is 1.43. The average Bonchev–Trinajstić information content (AvgIpc) is 3.06. The Bertz CT molecular complexity index is 783. The van der Waals surface area contributed by atoms with Gasteiger partial charge in [-0.15, -0.1) is 0 Å². The van der Waals surface area contributed by atoms with Crippen LogP contribution < -0.4 is 30.7 Å². The van der Waals surface area contributed by atoms with E-state index in [9.17, 15) is 4.79 Å². The van der Waals surface area contributed by atoms with Crippen LogP contribution in [-0.2, 0) is 0 Å². The number of nitrogens with one attached hydrogen (secondary N) is 4. The van der Waals surface area contributed by atoms with Crippen LogP contribution in [0.25, 0.3) is 0 Å². The first kappa shape index (κ1) is 17.6. The third kappa shape index (κ3) is 4.65. The first-order valence-corrected chi connectivity index (χ1v) is 8.42. The van der Waals surface area contributed by atoms with E-state index in [2.05, 4.69) is 31.2 Å². The largest absolute Gasteiger partial charge is 0.454 e. The molecule has 9 heteroatoms. The maximum atomic E-state index is 12.0. The Morgan fingerprint density at radius 3 is 2.81 bits per heavy atom. The number of benzene rings is 1. The number of fused-ring (bicyclic) bond motifs is 1. The number of nitrogens with zero attached hydrogens (tertiary/aromatic N) is 2. The number of urea groups is 1. The fourth-order valence-corrected chi connectivity index (χ4v) is 2.42. The van der Waals surface area contributed by atoms with Crippen molar-refractivity contribution in [3.8, 4) is 11.5 Å². The minimum Gasteiger partial charge on any atom is -0.454 e. The number of anilines is 3. The van der Waals surface area contributed by atoms with Crippen LogP contribution in [-0.4, -0.2) is 42.4 Å². The zero-order valence-electron chi connectivity index (χ0n) is 14.8. The molecule has 0 bridgehead atoms. The summed E-state index contributed by atoms with van der Waals surface area (Å²) in [6, 6.07) is 6.82. The van der Waals surface area contributed by atoms with Crippen LogP contribution in [0.2, 0.25) is 0 Å². The topological polar surface area (TPSA) is 109 Å². The quantitative estimate of drug-likeness (QED) is 0.562. The van der Waals surface area contributed by atoms with Gasteiger partial charge in [-0.25, -0.2) is 9.78 Å². The van der Waals surface area contributed by atoms with E-state index in [0.29, 0.717) is 36.2 Å². The lowest BCUT2D eigenvalue weighted by Crippen LogP contribution is -2.32. The van der Waals surface area contributed by atoms with Crippen molar-refractivity contribution >= 4 is 23.5 Å². The Kier molecular flexibility index (Phi) is 5.57. The molecule has 1 aliphatic rings. The van der Waals surface area contributed by atoms with Crippen molar-refractivity contribution in [2.75, 3.05) is 42.4 Å². The molecule has 0 atom stereocenters. The van der Waals surface area contributed by atoms with Gasteiger partial charge in [-0.3, -0.25) is 0 Å². The van der Waals surface area contributed by atoms with E-state index < -0.39 is 0 Å². The molecule has 138 valence electrons. The average molecular weight is 358 g/mol. The molecule has 1 aromatic carbocycles. The Hall–Kier alpha value is -3.23. The minimum absolute atomic E-state index is 0.202. The second-order valence-corrected chi connectivity index (χ2v) is 5.62. The second kappa shape index (κ2) is 8.24. The molecule has 0 saturated heterocycles. The molecule has 2 aromatic rings. The van der Waals surface area contributed by atoms with Gasteiger partial charge in [0, 0.05) is 43.1 Å². The molecule has 0 fully saturated rings. The van der Waals surface area contributed by atoms with Crippen LogP contribution in [0, 0.1) is 6.92 Å². The van der Waals surface area contributed by atoms with Crippen molar-refractivity contribution in [2.24, 2.45) is 0 Å². The predicted octanol–water partition coefficient (Wildman–Crippen LogP) is 2.18. The van der Waals surface area contributed by atoms with Gasteiger partial charge in [0.2, 0.25) is 12.7 Å². The fraction of sp³-hybridized carbons (Fsp3) is 0.353. The lowest BCUT2D eigenvalue weighted by Gasteiger charge is -2.10. The van der Waals surface area contributed by atoms with E-state index in [4.69, 9.17) is 9.47 Å². The number of aromatic nitrogens is 2. The van der Waals surface area contributed by atoms with Crippen LogP contribution in [0.4, 0.5) is 22.2 Å². The maximum absolute atomic E-state index is 12.0. The maximum Gasteiger partial charge on any atom is 0.319 e. The third-order valence-electron chi connectivity index (χ3n) is 3.54. The molecule has 0 saturated carbocycles.